The number of unbranched alkanes of at least 4 members (excludes halogenated alkanes) is 1. The van der Waals surface area contributed by atoms with Gasteiger partial charge in [0.25, 0.3) is 0 Å². The Morgan fingerprint density at radius 2 is 1.50 bits per heavy atom. The van der Waals surface area contributed by atoms with E-state index in [1.54, 1.807) is 0 Å². The van der Waals surface area contributed by atoms with E-state index in [2.05, 4.69) is 10.6 Å². The number of rotatable bonds is 13. The van der Waals surface area contributed by atoms with Gasteiger partial charge >= 0.3 is 0 Å². The summed E-state index contributed by atoms with van der Waals surface area (Å²) in [6.45, 7) is 2.08. The van der Waals surface area contributed by atoms with Crippen molar-refractivity contribution in [3.8, 4) is 0 Å². The van der Waals surface area contributed by atoms with Crippen LogP contribution in [0.3, 0.4) is 0 Å². The Hall–Kier alpha value is -1.76. The summed E-state index contributed by atoms with van der Waals surface area (Å²) in [5.41, 5.74) is 0. The topological polar surface area (TPSA) is 102 Å². The van der Waals surface area contributed by atoms with E-state index in [4.69, 9.17) is 4.74 Å². The van der Waals surface area contributed by atoms with Crippen LogP contribution in [0.15, 0.2) is 0 Å². The molecular weight excluding hydrogens is 288 g/mol. The van der Waals surface area contributed by atoms with Gasteiger partial charge < -0.3 is 15.4 Å². The molecule has 0 saturated carbocycles. The Kier molecular flexibility index (Phi) is 11.9. The zero-order valence-electron chi connectivity index (χ0n) is 13.4. The van der Waals surface area contributed by atoms with E-state index in [0.717, 1.165) is 0 Å². The SMILES string of the molecule is COCC(=O)CCCC(=O)NCCCCC(=O)NCC(C)=O. The molecule has 0 fully saturated rings. The van der Waals surface area contributed by atoms with Crippen molar-refractivity contribution >= 4 is 23.4 Å². The lowest BCUT2D eigenvalue weighted by Crippen LogP contribution is -2.28. The summed E-state index contributed by atoms with van der Waals surface area (Å²) in [4.78, 5) is 44.6. The van der Waals surface area contributed by atoms with Gasteiger partial charge in [-0.1, -0.05) is 0 Å². The number of amides is 2. The molecule has 22 heavy (non-hydrogen) atoms. The molecule has 0 bridgehead atoms. The second-order valence-electron chi connectivity index (χ2n) is 5.11. The van der Waals surface area contributed by atoms with Gasteiger partial charge in [0.15, 0.2) is 5.78 Å². The van der Waals surface area contributed by atoms with Crippen LogP contribution < -0.4 is 10.6 Å². The average molecular weight is 314 g/mol. The Morgan fingerprint density at radius 3 is 2.14 bits per heavy atom. The van der Waals surface area contributed by atoms with E-state index >= 15 is 0 Å². The first-order valence-electron chi connectivity index (χ1n) is 7.49. The van der Waals surface area contributed by atoms with Gasteiger partial charge in [-0.15, -0.1) is 0 Å². The van der Waals surface area contributed by atoms with Gasteiger partial charge in [-0.2, -0.15) is 0 Å². The van der Waals surface area contributed by atoms with E-state index in [0.29, 0.717) is 45.1 Å². The quantitative estimate of drug-likeness (QED) is 0.478. The highest BCUT2D eigenvalue weighted by atomic mass is 16.5. The van der Waals surface area contributed by atoms with Crippen molar-refractivity contribution in [1.29, 1.82) is 0 Å². The van der Waals surface area contributed by atoms with Gasteiger partial charge in [0.2, 0.25) is 11.8 Å². The zero-order valence-corrected chi connectivity index (χ0v) is 13.4. The van der Waals surface area contributed by atoms with Crippen molar-refractivity contribution in [2.24, 2.45) is 0 Å². The number of carbonyl (C=O) groups is 4. The molecule has 0 aromatic rings. The van der Waals surface area contributed by atoms with Gasteiger partial charge in [0, 0.05) is 32.9 Å². The summed E-state index contributed by atoms with van der Waals surface area (Å²) >= 11 is 0. The summed E-state index contributed by atoms with van der Waals surface area (Å²) in [6.07, 6.45) is 2.86. The molecule has 0 radical (unpaired) electrons. The van der Waals surface area contributed by atoms with Crippen LogP contribution in [0.25, 0.3) is 0 Å². The molecule has 2 amide bonds. The summed E-state index contributed by atoms with van der Waals surface area (Å²) < 4.78 is 4.70. The molecule has 2 N–H and O–H groups in total. The molecule has 0 aromatic heterocycles. The first-order valence-corrected chi connectivity index (χ1v) is 7.49. The van der Waals surface area contributed by atoms with Crippen LogP contribution in [0.5, 0.6) is 0 Å². The van der Waals surface area contributed by atoms with Gasteiger partial charge in [0.1, 0.15) is 12.4 Å². The van der Waals surface area contributed by atoms with Crippen molar-refractivity contribution < 1.29 is 23.9 Å². The molecule has 0 aromatic carbocycles. The lowest BCUT2D eigenvalue weighted by Gasteiger charge is -2.05. The minimum absolute atomic E-state index is 0.00752. The van der Waals surface area contributed by atoms with Gasteiger partial charge in [0.05, 0.1) is 6.54 Å². The predicted octanol–water partition coefficient (Wildman–Crippen LogP) is 0.364. The first-order chi connectivity index (χ1) is 10.5. The Morgan fingerprint density at radius 1 is 0.864 bits per heavy atom. The minimum atomic E-state index is -0.154. The van der Waals surface area contributed by atoms with Crippen LogP contribution in [0.1, 0.15) is 45.4 Å². The number of hydrogen-bond acceptors (Lipinski definition) is 5. The number of methoxy groups -OCH3 is 1. The Bertz CT molecular complexity index is 382. The molecule has 0 spiro atoms. The minimum Gasteiger partial charge on any atom is -0.377 e. The highest BCUT2D eigenvalue weighted by Gasteiger charge is 2.05. The van der Waals surface area contributed by atoms with Crippen molar-refractivity contribution in [2.45, 2.75) is 45.4 Å². The molecular formula is C15H26N2O5. The lowest BCUT2D eigenvalue weighted by molar-refractivity contribution is -0.124. The van der Waals surface area contributed by atoms with E-state index in [-0.39, 0.29) is 36.5 Å². The van der Waals surface area contributed by atoms with Crippen LogP contribution in [-0.4, -0.2) is 50.2 Å². The van der Waals surface area contributed by atoms with Crippen LogP contribution in [-0.2, 0) is 23.9 Å². The van der Waals surface area contributed by atoms with E-state index in [1.807, 2.05) is 0 Å². The van der Waals surface area contributed by atoms with Crippen LogP contribution in [0, 0.1) is 0 Å². The molecule has 0 atom stereocenters. The largest absolute Gasteiger partial charge is 0.377 e. The summed E-state index contributed by atoms with van der Waals surface area (Å²) in [6, 6.07) is 0. The van der Waals surface area contributed by atoms with Gasteiger partial charge in [-0.05, 0) is 26.2 Å². The smallest absolute Gasteiger partial charge is 0.220 e. The molecule has 0 unspecified atom stereocenters. The number of ketones is 2. The molecule has 7 heteroatoms. The highest BCUT2D eigenvalue weighted by Crippen LogP contribution is 1.98. The normalized spacial score (nSPS) is 10.1. The molecule has 0 aliphatic heterocycles. The number of Topliss-reactive ketones (excluding diaryl/α,β-unsaturated/α-hetero) is 2. The van der Waals surface area contributed by atoms with Crippen molar-refractivity contribution in [1.82, 2.24) is 10.6 Å². The predicted molar refractivity (Wildman–Crippen MR) is 81.3 cm³/mol. The number of hydrogen-bond donors (Lipinski definition) is 2. The highest BCUT2D eigenvalue weighted by molar-refractivity contribution is 5.84. The number of nitrogens with one attached hydrogen (secondary N) is 2. The molecule has 0 rings (SSSR count). The van der Waals surface area contributed by atoms with E-state index in [1.165, 1.54) is 14.0 Å². The summed E-state index contributed by atoms with van der Waals surface area (Å²) in [5, 5.41) is 5.26. The van der Waals surface area contributed by atoms with Crippen molar-refractivity contribution in [3.63, 3.8) is 0 Å². The monoisotopic (exact) mass is 314 g/mol. The van der Waals surface area contributed by atoms with Gasteiger partial charge in [-0.25, -0.2) is 0 Å². The number of ether oxygens (including phenoxy) is 1. The van der Waals surface area contributed by atoms with Crippen molar-refractivity contribution in [3.05, 3.63) is 0 Å². The fourth-order valence-corrected chi connectivity index (χ4v) is 1.72. The maximum atomic E-state index is 11.5. The molecule has 126 valence electrons. The maximum Gasteiger partial charge on any atom is 0.220 e. The Balaban J connectivity index is 3.47. The molecule has 0 aliphatic rings. The van der Waals surface area contributed by atoms with Crippen molar-refractivity contribution in [2.75, 3.05) is 26.8 Å². The first kappa shape index (κ1) is 20.2. The standard InChI is InChI=1S/C15H26N2O5/c1-12(18)10-17-15(21)7-3-4-9-16-14(20)8-5-6-13(19)11-22-2/h3-11H2,1-2H3,(H,16,20)(H,17,21). The van der Waals surface area contributed by atoms with Crippen LogP contribution in [0.4, 0.5) is 0 Å². The third-order valence-corrected chi connectivity index (χ3v) is 2.85. The third-order valence-electron chi connectivity index (χ3n) is 2.85. The van der Waals surface area contributed by atoms with Crippen LogP contribution >= 0.6 is 0 Å². The molecule has 0 heterocycles. The second kappa shape index (κ2) is 12.9. The summed E-state index contributed by atoms with van der Waals surface area (Å²) in [7, 11) is 1.46. The van der Waals surface area contributed by atoms with Gasteiger partial charge in [-0.3, -0.25) is 19.2 Å². The fraction of sp³-hybridized carbons (Fsp3) is 0.733. The lowest BCUT2D eigenvalue weighted by atomic mass is 10.1. The van der Waals surface area contributed by atoms with E-state index in [9.17, 15) is 19.2 Å². The Labute approximate surface area is 131 Å². The maximum absolute atomic E-state index is 11.5. The molecule has 0 saturated heterocycles. The summed E-state index contributed by atoms with van der Waals surface area (Å²) in [5.74, 6) is -0.333. The second-order valence-corrected chi connectivity index (χ2v) is 5.11. The van der Waals surface area contributed by atoms with Crippen LogP contribution in [0.2, 0.25) is 0 Å². The molecule has 7 nitrogen and oxygen atoms in total. The number of carbonyl (C=O) groups excluding carboxylic acids is 4. The molecule has 0 aliphatic carbocycles. The zero-order chi connectivity index (χ0) is 16.8. The van der Waals surface area contributed by atoms with E-state index < -0.39 is 0 Å². The average Bonchev–Trinajstić information content (AvgIpc) is 2.45. The third kappa shape index (κ3) is 13.2. The fourth-order valence-electron chi connectivity index (χ4n) is 1.72.